The van der Waals surface area contributed by atoms with E-state index in [1.807, 2.05) is 6.92 Å². The van der Waals surface area contributed by atoms with E-state index in [0.29, 0.717) is 0 Å². The van der Waals surface area contributed by atoms with Crippen molar-refractivity contribution < 1.29 is 22.5 Å². The van der Waals surface area contributed by atoms with Crippen molar-refractivity contribution >= 4 is 21.4 Å². The van der Waals surface area contributed by atoms with Crippen LogP contribution in [0.2, 0.25) is 0 Å². The lowest BCUT2D eigenvalue weighted by Gasteiger charge is -2.24. The monoisotopic (exact) mass is 377 g/mol. The van der Waals surface area contributed by atoms with Crippen molar-refractivity contribution in [2.45, 2.75) is 31.3 Å². The molecule has 0 saturated heterocycles. The normalized spacial score (nSPS) is 12.3. The van der Waals surface area contributed by atoms with E-state index >= 15 is 0 Å². The van der Waals surface area contributed by atoms with Crippen LogP contribution in [0, 0.1) is 15.9 Å². The summed E-state index contributed by atoms with van der Waals surface area (Å²) in [6.45, 7) is 5.47. The number of nitrogens with two attached hydrogens (primary N) is 1. The smallest absolute Gasteiger partial charge is 0.269 e. The topological polar surface area (TPSA) is 125 Å². The van der Waals surface area contributed by atoms with Gasteiger partial charge in [-0.25, -0.2) is 12.8 Å². The van der Waals surface area contributed by atoms with E-state index in [1.54, 1.807) is 7.11 Å². The number of nitro groups is 1. The van der Waals surface area contributed by atoms with Gasteiger partial charge in [0.15, 0.2) is 9.84 Å². The van der Waals surface area contributed by atoms with Gasteiger partial charge in [-0.3, -0.25) is 15.1 Å². The molecule has 0 fully saturated rings. The fourth-order valence-electron chi connectivity index (χ4n) is 1.60. The van der Waals surface area contributed by atoms with Crippen LogP contribution in [0.25, 0.3) is 0 Å². The maximum Gasteiger partial charge on any atom is 0.269 e. The number of sulfone groups is 1. The number of aliphatic imine (C=N–C) groups is 1. The minimum absolute atomic E-state index is 0.117. The molecule has 0 radical (unpaired) electrons. The molecular weight excluding hydrogens is 353 g/mol. The van der Waals surface area contributed by atoms with Crippen LogP contribution in [0.15, 0.2) is 23.2 Å². The number of hydrogen-bond donors (Lipinski definition) is 1. The largest absolute Gasteiger partial charge is 0.386 e. The number of halogens is 1. The zero-order valence-corrected chi connectivity index (χ0v) is 15.8. The highest BCUT2D eigenvalue weighted by Crippen LogP contribution is 2.25. The lowest BCUT2D eigenvalue weighted by Crippen LogP contribution is -2.46. The highest BCUT2D eigenvalue weighted by molar-refractivity contribution is 7.92. The number of methoxy groups -OCH3 is 1. The number of amidine groups is 1. The molecule has 0 amide bonds. The van der Waals surface area contributed by atoms with Gasteiger partial charge < -0.3 is 10.5 Å². The average Bonchev–Trinajstić information content (AvgIpc) is 2.55. The molecule has 0 bridgehead atoms. The highest BCUT2D eigenvalue weighted by atomic mass is 32.2. The van der Waals surface area contributed by atoms with Gasteiger partial charge in [0.05, 0.1) is 10.7 Å². The average molecular weight is 377 g/mol. The Morgan fingerprint density at radius 2 is 1.96 bits per heavy atom. The first-order chi connectivity index (χ1) is 11.4. The summed E-state index contributed by atoms with van der Waals surface area (Å²) in [6, 6.07) is 2.74. The molecule has 0 aliphatic carbocycles. The Balaban J connectivity index is 0.00000129. The van der Waals surface area contributed by atoms with E-state index in [2.05, 4.69) is 9.73 Å². The number of hydrogen-bond acceptors (Lipinski definition) is 6. The molecule has 0 heterocycles. The van der Waals surface area contributed by atoms with Gasteiger partial charge in [0.25, 0.3) is 5.69 Å². The van der Waals surface area contributed by atoms with Gasteiger partial charge in [-0.15, -0.1) is 0 Å². The standard InChI is InChI=1S/C12H16FN3O4S.C3H8O/c1-12(2,11(14)15-3)21(19,20)7-8-6-9(16(17)18)4-5-10(8)13;1-3-4-2/h4-6H,7H2,1-3H3,(H2,14,15);3H2,1-2H3. The molecule has 2 N–H and O–H groups in total. The first-order valence-corrected chi connectivity index (χ1v) is 8.96. The van der Waals surface area contributed by atoms with E-state index in [4.69, 9.17) is 5.73 Å². The van der Waals surface area contributed by atoms with Gasteiger partial charge in [0, 0.05) is 38.5 Å². The van der Waals surface area contributed by atoms with Crippen LogP contribution in [-0.4, -0.2) is 44.7 Å². The summed E-state index contributed by atoms with van der Waals surface area (Å²) in [4.78, 5) is 13.6. The third-order valence-electron chi connectivity index (χ3n) is 3.51. The van der Waals surface area contributed by atoms with Crippen molar-refractivity contribution in [3.63, 3.8) is 0 Å². The zero-order valence-electron chi connectivity index (χ0n) is 14.9. The minimum atomic E-state index is -3.91. The highest BCUT2D eigenvalue weighted by Gasteiger charge is 2.38. The van der Waals surface area contributed by atoms with E-state index in [9.17, 15) is 22.9 Å². The fraction of sp³-hybridized carbons (Fsp3) is 0.533. The number of non-ortho nitro benzene ring substituents is 1. The summed E-state index contributed by atoms with van der Waals surface area (Å²) in [7, 11) is -0.879. The minimum Gasteiger partial charge on any atom is -0.386 e. The Kier molecular flexibility index (Phi) is 8.64. The lowest BCUT2D eigenvalue weighted by molar-refractivity contribution is -0.385. The first-order valence-electron chi connectivity index (χ1n) is 7.31. The lowest BCUT2D eigenvalue weighted by atomic mass is 10.2. The number of benzene rings is 1. The maximum absolute atomic E-state index is 13.7. The molecular formula is C15H24FN3O5S. The van der Waals surface area contributed by atoms with Gasteiger partial charge in [0.1, 0.15) is 16.4 Å². The number of nitrogens with zero attached hydrogens (tertiary/aromatic N) is 2. The quantitative estimate of drug-likeness (QED) is 0.350. The second kappa shape index (κ2) is 9.42. The van der Waals surface area contributed by atoms with Crippen molar-refractivity contribution in [3.05, 3.63) is 39.7 Å². The number of rotatable bonds is 6. The van der Waals surface area contributed by atoms with E-state index in [-0.39, 0.29) is 17.1 Å². The van der Waals surface area contributed by atoms with Crippen LogP contribution < -0.4 is 5.73 Å². The zero-order chi connectivity index (χ0) is 19.8. The third kappa shape index (κ3) is 6.05. The third-order valence-corrected chi connectivity index (χ3v) is 5.96. The number of nitro benzene ring substituents is 1. The summed E-state index contributed by atoms with van der Waals surface area (Å²) >= 11 is 0. The summed E-state index contributed by atoms with van der Waals surface area (Å²) in [5.41, 5.74) is 4.92. The van der Waals surface area contributed by atoms with Crippen LogP contribution in [0.4, 0.5) is 10.1 Å². The molecule has 0 aliphatic heterocycles. The molecule has 8 nitrogen and oxygen atoms in total. The fourth-order valence-corrected chi connectivity index (χ4v) is 3.00. The summed E-state index contributed by atoms with van der Waals surface area (Å²) in [5.74, 6) is -1.65. The van der Waals surface area contributed by atoms with Crippen molar-refractivity contribution in [1.29, 1.82) is 0 Å². The van der Waals surface area contributed by atoms with Crippen molar-refractivity contribution in [3.8, 4) is 0 Å². The Hall–Kier alpha value is -2.07. The van der Waals surface area contributed by atoms with Gasteiger partial charge in [0.2, 0.25) is 0 Å². The van der Waals surface area contributed by atoms with Crippen LogP contribution in [0.1, 0.15) is 26.3 Å². The second-order valence-corrected chi connectivity index (χ2v) is 8.03. The Morgan fingerprint density at radius 3 is 2.36 bits per heavy atom. The maximum atomic E-state index is 13.7. The molecule has 142 valence electrons. The van der Waals surface area contributed by atoms with Gasteiger partial charge in [-0.1, -0.05) is 0 Å². The van der Waals surface area contributed by atoms with Crippen LogP contribution in [0.5, 0.6) is 0 Å². The van der Waals surface area contributed by atoms with Crippen molar-refractivity contribution in [2.24, 2.45) is 10.7 Å². The Labute approximate surface area is 147 Å². The SMILES string of the molecule is CCOC.CN=C(N)C(C)(C)S(=O)(=O)Cc1cc([N+](=O)[O-])ccc1F. The molecule has 1 aromatic rings. The Morgan fingerprint density at radius 1 is 1.44 bits per heavy atom. The van der Waals surface area contributed by atoms with Gasteiger partial charge >= 0.3 is 0 Å². The molecule has 10 heteroatoms. The molecule has 0 unspecified atom stereocenters. The van der Waals surface area contributed by atoms with Crippen molar-refractivity contribution in [1.82, 2.24) is 0 Å². The summed E-state index contributed by atoms with van der Waals surface area (Å²) in [6.07, 6.45) is 0. The molecule has 0 saturated carbocycles. The molecule has 0 aliphatic rings. The summed E-state index contributed by atoms with van der Waals surface area (Å²) in [5, 5.41) is 10.7. The molecule has 1 aromatic carbocycles. The molecule has 25 heavy (non-hydrogen) atoms. The number of ether oxygens (including phenoxy) is 1. The molecule has 0 spiro atoms. The summed E-state index contributed by atoms with van der Waals surface area (Å²) < 4.78 is 41.4. The molecule has 0 atom stereocenters. The van der Waals surface area contributed by atoms with E-state index in [0.717, 1.165) is 24.8 Å². The molecule has 0 aromatic heterocycles. The van der Waals surface area contributed by atoms with Crippen LogP contribution >= 0.6 is 0 Å². The predicted octanol–water partition coefficient (Wildman–Crippen LogP) is 2.07. The van der Waals surface area contributed by atoms with Gasteiger partial charge in [-0.05, 0) is 26.8 Å². The van der Waals surface area contributed by atoms with Crippen LogP contribution in [0.3, 0.4) is 0 Å². The second-order valence-electron chi connectivity index (χ2n) is 5.49. The van der Waals surface area contributed by atoms with E-state index in [1.165, 1.54) is 20.9 Å². The molecule has 1 rings (SSSR count). The van der Waals surface area contributed by atoms with Crippen LogP contribution in [-0.2, 0) is 20.3 Å². The predicted molar refractivity (Wildman–Crippen MR) is 94.9 cm³/mol. The Bertz CT molecular complexity index is 731. The van der Waals surface area contributed by atoms with Gasteiger partial charge in [-0.2, -0.15) is 0 Å². The van der Waals surface area contributed by atoms with Crippen molar-refractivity contribution in [2.75, 3.05) is 20.8 Å². The van der Waals surface area contributed by atoms with E-state index < -0.39 is 31.1 Å². The first kappa shape index (κ1) is 22.9.